The van der Waals surface area contributed by atoms with Crippen LogP contribution in [0.2, 0.25) is 0 Å². The van der Waals surface area contributed by atoms with Gasteiger partial charge in [0.05, 0.1) is 12.6 Å². The number of fused-ring (bicyclic) bond motifs is 1. The molecule has 1 amide bonds. The second-order valence-electron chi connectivity index (χ2n) is 7.48. The van der Waals surface area contributed by atoms with E-state index in [1.165, 1.54) is 10.9 Å². The summed E-state index contributed by atoms with van der Waals surface area (Å²) in [6, 6.07) is 24.4. The molecule has 5 heteroatoms. The summed E-state index contributed by atoms with van der Waals surface area (Å²) in [5, 5.41) is 5.40. The van der Waals surface area contributed by atoms with Crippen LogP contribution in [-0.4, -0.2) is 43.2 Å². The standard InChI is InChI=1S/C24H27N3O2/c25-15-22(21-11-10-19-8-4-5-9-20(19)14-21)26-24(28)23-17-27(12-13-29-23)16-18-6-2-1-3-7-18/h1-11,14,22-23H,12-13,15-17,25H2,(H,26,28). The monoisotopic (exact) mass is 389 g/mol. The average Bonchev–Trinajstić information content (AvgIpc) is 2.78. The summed E-state index contributed by atoms with van der Waals surface area (Å²) in [4.78, 5) is 15.1. The minimum atomic E-state index is -0.484. The van der Waals surface area contributed by atoms with Crippen molar-refractivity contribution in [2.24, 2.45) is 5.73 Å². The molecule has 2 unspecified atom stereocenters. The quantitative estimate of drug-likeness (QED) is 0.680. The molecule has 3 aromatic rings. The van der Waals surface area contributed by atoms with E-state index in [-0.39, 0.29) is 11.9 Å². The van der Waals surface area contributed by atoms with E-state index in [1.54, 1.807) is 0 Å². The first-order chi connectivity index (χ1) is 14.2. The van der Waals surface area contributed by atoms with E-state index in [0.717, 1.165) is 24.0 Å². The lowest BCUT2D eigenvalue weighted by Crippen LogP contribution is -2.50. The maximum Gasteiger partial charge on any atom is 0.250 e. The average molecular weight is 389 g/mol. The molecule has 0 spiro atoms. The van der Waals surface area contributed by atoms with Crippen molar-refractivity contribution in [1.29, 1.82) is 0 Å². The Balaban J connectivity index is 1.41. The lowest BCUT2D eigenvalue weighted by atomic mass is 10.0. The smallest absolute Gasteiger partial charge is 0.250 e. The molecule has 4 rings (SSSR count). The molecule has 1 heterocycles. The second-order valence-corrected chi connectivity index (χ2v) is 7.48. The SMILES string of the molecule is NCC(NC(=O)C1CN(Cc2ccccc2)CCO1)c1ccc2ccccc2c1. The topological polar surface area (TPSA) is 67.6 Å². The molecule has 1 saturated heterocycles. The van der Waals surface area contributed by atoms with Crippen LogP contribution in [0.15, 0.2) is 72.8 Å². The number of benzene rings is 3. The second kappa shape index (κ2) is 9.18. The molecule has 29 heavy (non-hydrogen) atoms. The van der Waals surface area contributed by atoms with Crippen molar-refractivity contribution in [2.75, 3.05) is 26.2 Å². The summed E-state index contributed by atoms with van der Waals surface area (Å²) < 4.78 is 5.76. The van der Waals surface area contributed by atoms with Gasteiger partial charge >= 0.3 is 0 Å². The summed E-state index contributed by atoms with van der Waals surface area (Å²) >= 11 is 0. The van der Waals surface area contributed by atoms with Gasteiger partial charge in [0, 0.05) is 26.2 Å². The summed E-state index contributed by atoms with van der Waals surface area (Å²) in [6.07, 6.45) is -0.484. The fourth-order valence-corrected chi connectivity index (χ4v) is 3.81. The van der Waals surface area contributed by atoms with Gasteiger partial charge in [0.2, 0.25) is 0 Å². The Morgan fingerprint density at radius 2 is 1.83 bits per heavy atom. The van der Waals surface area contributed by atoms with Crippen molar-refractivity contribution < 1.29 is 9.53 Å². The molecule has 0 radical (unpaired) electrons. The Bertz CT molecular complexity index is 961. The summed E-state index contributed by atoms with van der Waals surface area (Å²) in [5.41, 5.74) is 8.24. The van der Waals surface area contributed by atoms with E-state index in [4.69, 9.17) is 10.5 Å². The van der Waals surface area contributed by atoms with Crippen LogP contribution >= 0.6 is 0 Å². The molecule has 5 nitrogen and oxygen atoms in total. The molecule has 0 aromatic heterocycles. The van der Waals surface area contributed by atoms with Gasteiger partial charge in [-0.1, -0.05) is 66.7 Å². The molecular weight excluding hydrogens is 362 g/mol. The third kappa shape index (κ3) is 4.82. The van der Waals surface area contributed by atoms with Crippen molar-refractivity contribution in [3.05, 3.63) is 83.9 Å². The number of nitrogens with zero attached hydrogens (tertiary/aromatic N) is 1. The highest BCUT2D eigenvalue weighted by atomic mass is 16.5. The molecule has 0 saturated carbocycles. The maximum atomic E-state index is 12.9. The summed E-state index contributed by atoms with van der Waals surface area (Å²) in [7, 11) is 0. The molecule has 1 aliphatic heterocycles. The molecule has 0 bridgehead atoms. The maximum absolute atomic E-state index is 12.9. The Labute approximate surface area is 171 Å². The third-order valence-electron chi connectivity index (χ3n) is 5.42. The van der Waals surface area contributed by atoms with Crippen molar-refractivity contribution in [1.82, 2.24) is 10.2 Å². The molecule has 0 aliphatic carbocycles. The number of hydrogen-bond acceptors (Lipinski definition) is 4. The molecule has 1 fully saturated rings. The zero-order chi connectivity index (χ0) is 20.1. The first kappa shape index (κ1) is 19.6. The van der Waals surface area contributed by atoms with Crippen LogP contribution in [0.3, 0.4) is 0 Å². The van der Waals surface area contributed by atoms with Gasteiger partial charge in [-0.3, -0.25) is 9.69 Å². The van der Waals surface area contributed by atoms with Crippen LogP contribution in [0.1, 0.15) is 17.2 Å². The van der Waals surface area contributed by atoms with Crippen LogP contribution in [0.4, 0.5) is 0 Å². The predicted molar refractivity (Wildman–Crippen MR) is 115 cm³/mol. The number of ether oxygens (including phenoxy) is 1. The minimum Gasteiger partial charge on any atom is -0.366 e. The summed E-state index contributed by atoms with van der Waals surface area (Å²) in [5.74, 6) is -0.105. The van der Waals surface area contributed by atoms with E-state index in [1.807, 2.05) is 36.4 Å². The Kier molecular flexibility index (Phi) is 6.20. The number of carbonyl (C=O) groups is 1. The van der Waals surface area contributed by atoms with E-state index < -0.39 is 6.10 Å². The highest BCUT2D eigenvalue weighted by Crippen LogP contribution is 2.20. The van der Waals surface area contributed by atoms with Crippen molar-refractivity contribution in [3.63, 3.8) is 0 Å². The number of carbonyl (C=O) groups excluding carboxylic acids is 1. The zero-order valence-electron chi connectivity index (χ0n) is 16.5. The van der Waals surface area contributed by atoms with Crippen LogP contribution in [-0.2, 0) is 16.1 Å². The highest BCUT2D eigenvalue weighted by molar-refractivity contribution is 5.84. The van der Waals surface area contributed by atoms with Crippen LogP contribution in [0.25, 0.3) is 10.8 Å². The Hall–Kier alpha value is -2.73. The number of nitrogens with one attached hydrogen (secondary N) is 1. The largest absolute Gasteiger partial charge is 0.366 e. The van der Waals surface area contributed by atoms with Crippen LogP contribution in [0, 0.1) is 0 Å². The fourth-order valence-electron chi connectivity index (χ4n) is 3.81. The Morgan fingerprint density at radius 3 is 2.62 bits per heavy atom. The highest BCUT2D eigenvalue weighted by Gasteiger charge is 2.28. The number of hydrogen-bond donors (Lipinski definition) is 2. The third-order valence-corrected chi connectivity index (χ3v) is 5.42. The lowest BCUT2D eigenvalue weighted by molar-refractivity contribution is -0.139. The molecule has 3 aromatic carbocycles. The van der Waals surface area contributed by atoms with Gasteiger partial charge in [-0.25, -0.2) is 0 Å². The molecule has 150 valence electrons. The van der Waals surface area contributed by atoms with E-state index in [0.29, 0.717) is 19.7 Å². The molecule has 3 N–H and O–H groups in total. The van der Waals surface area contributed by atoms with E-state index >= 15 is 0 Å². The van der Waals surface area contributed by atoms with Gasteiger partial charge in [0.15, 0.2) is 0 Å². The van der Waals surface area contributed by atoms with Gasteiger partial charge in [-0.2, -0.15) is 0 Å². The van der Waals surface area contributed by atoms with Gasteiger partial charge in [-0.05, 0) is 28.0 Å². The van der Waals surface area contributed by atoms with Gasteiger partial charge in [0.1, 0.15) is 6.10 Å². The zero-order valence-corrected chi connectivity index (χ0v) is 16.5. The van der Waals surface area contributed by atoms with Crippen LogP contribution in [0.5, 0.6) is 0 Å². The fraction of sp³-hybridized carbons (Fsp3) is 0.292. The molecule has 1 aliphatic rings. The van der Waals surface area contributed by atoms with E-state index in [9.17, 15) is 4.79 Å². The Morgan fingerprint density at radius 1 is 1.07 bits per heavy atom. The van der Waals surface area contributed by atoms with Crippen LogP contribution < -0.4 is 11.1 Å². The number of rotatable bonds is 6. The van der Waals surface area contributed by atoms with Gasteiger partial charge in [-0.15, -0.1) is 0 Å². The number of nitrogens with two attached hydrogens (primary N) is 1. The first-order valence-electron chi connectivity index (χ1n) is 10.1. The first-order valence-corrected chi connectivity index (χ1v) is 10.1. The van der Waals surface area contributed by atoms with E-state index in [2.05, 4.69) is 46.6 Å². The predicted octanol–water partition coefficient (Wildman–Crippen LogP) is 2.86. The van der Waals surface area contributed by atoms with Gasteiger partial charge in [0.25, 0.3) is 5.91 Å². The normalized spacial score (nSPS) is 18.4. The van der Waals surface area contributed by atoms with Gasteiger partial charge < -0.3 is 15.8 Å². The van der Waals surface area contributed by atoms with Crippen molar-refractivity contribution in [3.8, 4) is 0 Å². The number of amides is 1. The summed E-state index contributed by atoms with van der Waals surface area (Å²) in [6.45, 7) is 3.11. The molecular formula is C24H27N3O2. The molecule has 2 atom stereocenters. The minimum absolute atomic E-state index is 0.105. The van der Waals surface area contributed by atoms with Crippen molar-refractivity contribution >= 4 is 16.7 Å². The van der Waals surface area contributed by atoms with Crippen molar-refractivity contribution in [2.45, 2.75) is 18.7 Å². The number of morpholine rings is 1. The lowest BCUT2D eigenvalue weighted by Gasteiger charge is -2.33.